The highest BCUT2D eigenvalue weighted by Gasteiger charge is 2.32. The van der Waals surface area contributed by atoms with Gasteiger partial charge in [-0.3, -0.25) is 4.79 Å². The molecule has 0 aromatic carbocycles. The SMILES string of the molecule is Cc1nc(N2CCC(C)(O)C2)cc(=O)[nH]1. The average Bonchev–Trinajstić information content (AvgIpc) is 2.44. The first-order chi connectivity index (χ1) is 6.96. The molecule has 2 heterocycles. The Bertz CT molecular complexity index is 425. The minimum absolute atomic E-state index is 0.149. The van der Waals surface area contributed by atoms with Crippen molar-refractivity contribution in [2.45, 2.75) is 25.9 Å². The Balaban J connectivity index is 2.28. The van der Waals surface area contributed by atoms with E-state index in [1.54, 1.807) is 13.8 Å². The monoisotopic (exact) mass is 209 g/mol. The Morgan fingerprint density at radius 3 is 2.93 bits per heavy atom. The van der Waals surface area contributed by atoms with Crippen molar-refractivity contribution >= 4 is 5.82 Å². The van der Waals surface area contributed by atoms with E-state index in [1.165, 1.54) is 6.07 Å². The zero-order chi connectivity index (χ0) is 11.1. The van der Waals surface area contributed by atoms with Crippen LogP contribution in [0.15, 0.2) is 10.9 Å². The van der Waals surface area contributed by atoms with Crippen LogP contribution in [0.3, 0.4) is 0 Å². The van der Waals surface area contributed by atoms with Gasteiger partial charge in [-0.25, -0.2) is 4.98 Å². The summed E-state index contributed by atoms with van der Waals surface area (Å²) >= 11 is 0. The van der Waals surface area contributed by atoms with Crippen molar-refractivity contribution in [1.29, 1.82) is 0 Å². The minimum atomic E-state index is -0.668. The van der Waals surface area contributed by atoms with Gasteiger partial charge in [0.05, 0.1) is 5.60 Å². The van der Waals surface area contributed by atoms with Crippen LogP contribution in [-0.2, 0) is 0 Å². The van der Waals surface area contributed by atoms with Crippen molar-refractivity contribution in [3.63, 3.8) is 0 Å². The molecule has 0 amide bonds. The fourth-order valence-corrected chi connectivity index (χ4v) is 1.87. The largest absolute Gasteiger partial charge is 0.388 e. The summed E-state index contributed by atoms with van der Waals surface area (Å²) in [6.07, 6.45) is 0.709. The number of nitrogens with one attached hydrogen (secondary N) is 1. The van der Waals surface area contributed by atoms with Crippen molar-refractivity contribution in [1.82, 2.24) is 9.97 Å². The van der Waals surface area contributed by atoms with Gasteiger partial charge >= 0.3 is 0 Å². The van der Waals surface area contributed by atoms with E-state index in [0.29, 0.717) is 24.6 Å². The van der Waals surface area contributed by atoms with Crippen LogP contribution in [0, 0.1) is 6.92 Å². The molecule has 0 radical (unpaired) electrons. The molecule has 1 aromatic heterocycles. The lowest BCUT2D eigenvalue weighted by atomic mass is 10.1. The third-order valence-corrected chi connectivity index (χ3v) is 2.62. The van der Waals surface area contributed by atoms with Crippen LogP contribution in [0.25, 0.3) is 0 Å². The first-order valence-corrected chi connectivity index (χ1v) is 5.02. The summed E-state index contributed by atoms with van der Waals surface area (Å²) in [5.74, 6) is 1.25. The zero-order valence-corrected chi connectivity index (χ0v) is 8.95. The maximum absolute atomic E-state index is 11.2. The third kappa shape index (κ3) is 2.18. The smallest absolute Gasteiger partial charge is 0.252 e. The molecule has 5 nitrogen and oxygen atoms in total. The molecule has 0 saturated carbocycles. The van der Waals surface area contributed by atoms with Gasteiger partial charge in [0.1, 0.15) is 11.6 Å². The fourth-order valence-electron chi connectivity index (χ4n) is 1.87. The summed E-state index contributed by atoms with van der Waals surface area (Å²) in [6.45, 7) is 4.82. The third-order valence-electron chi connectivity index (χ3n) is 2.62. The summed E-state index contributed by atoms with van der Waals surface area (Å²) in [6, 6.07) is 1.47. The predicted octanol–water partition coefficient (Wildman–Crippen LogP) is 0.0394. The molecule has 15 heavy (non-hydrogen) atoms. The molecule has 1 unspecified atom stereocenters. The molecular weight excluding hydrogens is 194 g/mol. The van der Waals surface area contributed by atoms with Gasteiger partial charge < -0.3 is 15.0 Å². The molecular formula is C10H15N3O2. The topological polar surface area (TPSA) is 69.2 Å². The van der Waals surface area contributed by atoms with E-state index in [9.17, 15) is 9.90 Å². The summed E-state index contributed by atoms with van der Waals surface area (Å²) in [5.41, 5.74) is -0.817. The van der Waals surface area contributed by atoms with Gasteiger partial charge in [-0.15, -0.1) is 0 Å². The van der Waals surface area contributed by atoms with Gasteiger partial charge in [-0.05, 0) is 20.3 Å². The van der Waals surface area contributed by atoms with Crippen LogP contribution >= 0.6 is 0 Å². The molecule has 82 valence electrons. The molecule has 1 atom stereocenters. The number of anilines is 1. The average molecular weight is 209 g/mol. The molecule has 1 saturated heterocycles. The maximum Gasteiger partial charge on any atom is 0.252 e. The van der Waals surface area contributed by atoms with Crippen LogP contribution in [0.4, 0.5) is 5.82 Å². The van der Waals surface area contributed by atoms with E-state index in [2.05, 4.69) is 9.97 Å². The number of β-amino-alcohol motifs (C(OH)–C–C–N with tert-alkyl or cyclic N) is 1. The molecule has 1 aromatic rings. The normalized spacial score (nSPS) is 25.9. The summed E-state index contributed by atoms with van der Waals surface area (Å²) in [4.78, 5) is 20.0. The number of H-pyrrole nitrogens is 1. The van der Waals surface area contributed by atoms with Crippen LogP contribution in [0.5, 0.6) is 0 Å². The molecule has 2 rings (SSSR count). The van der Waals surface area contributed by atoms with Gasteiger partial charge in [0.15, 0.2) is 0 Å². The van der Waals surface area contributed by atoms with Gasteiger partial charge in [0.2, 0.25) is 0 Å². The standard InChI is InChI=1S/C10H15N3O2/c1-7-11-8(5-9(14)12-7)13-4-3-10(2,15)6-13/h5,15H,3-4,6H2,1-2H3,(H,11,12,14). The number of rotatable bonds is 1. The first-order valence-electron chi connectivity index (χ1n) is 5.02. The fraction of sp³-hybridized carbons (Fsp3) is 0.600. The number of aliphatic hydroxyl groups is 1. The van der Waals surface area contributed by atoms with Crippen molar-refractivity contribution in [3.05, 3.63) is 22.2 Å². The van der Waals surface area contributed by atoms with Crippen LogP contribution in [0.2, 0.25) is 0 Å². The van der Waals surface area contributed by atoms with E-state index < -0.39 is 5.60 Å². The lowest BCUT2D eigenvalue weighted by molar-refractivity contribution is 0.0839. The molecule has 0 bridgehead atoms. The van der Waals surface area contributed by atoms with Crippen molar-refractivity contribution < 1.29 is 5.11 Å². The zero-order valence-electron chi connectivity index (χ0n) is 8.95. The quantitative estimate of drug-likeness (QED) is 0.685. The highest BCUT2D eigenvalue weighted by atomic mass is 16.3. The highest BCUT2D eigenvalue weighted by molar-refractivity contribution is 5.39. The van der Waals surface area contributed by atoms with E-state index in [1.807, 2.05) is 4.90 Å². The maximum atomic E-state index is 11.2. The Kier molecular flexibility index (Phi) is 2.26. The van der Waals surface area contributed by atoms with Crippen LogP contribution in [0.1, 0.15) is 19.2 Å². The predicted molar refractivity (Wildman–Crippen MR) is 57.0 cm³/mol. The summed E-state index contributed by atoms with van der Waals surface area (Å²) in [5, 5.41) is 9.81. The van der Waals surface area contributed by atoms with E-state index in [4.69, 9.17) is 0 Å². The molecule has 1 fully saturated rings. The Morgan fingerprint density at radius 1 is 1.67 bits per heavy atom. The van der Waals surface area contributed by atoms with Crippen LogP contribution < -0.4 is 10.5 Å². The molecule has 1 aliphatic rings. The Labute approximate surface area is 87.8 Å². The number of hydrogen-bond donors (Lipinski definition) is 2. The number of hydrogen-bond acceptors (Lipinski definition) is 4. The van der Waals surface area contributed by atoms with E-state index >= 15 is 0 Å². The summed E-state index contributed by atoms with van der Waals surface area (Å²) < 4.78 is 0. The molecule has 1 aliphatic heterocycles. The number of aromatic amines is 1. The Hall–Kier alpha value is -1.36. The highest BCUT2D eigenvalue weighted by Crippen LogP contribution is 2.23. The number of nitrogens with zero attached hydrogens (tertiary/aromatic N) is 2. The number of aryl methyl sites for hydroxylation is 1. The Morgan fingerprint density at radius 2 is 2.40 bits per heavy atom. The molecule has 2 N–H and O–H groups in total. The van der Waals surface area contributed by atoms with Crippen molar-refractivity contribution in [3.8, 4) is 0 Å². The summed E-state index contributed by atoms with van der Waals surface area (Å²) in [7, 11) is 0. The second kappa shape index (κ2) is 3.34. The van der Waals surface area contributed by atoms with Gasteiger partial charge in [0.25, 0.3) is 5.56 Å². The van der Waals surface area contributed by atoms with E-state index in [0.717, 1.165) is 6.54 Å². The molecule has 0 spiro atoms. The second-order valence-corrected chi connectivity index (χ2v) is 4.36. The van der Waals surface area contributed by atoms with Gasteiger partial charge in [-0.1, -0.05) is 0 Å². The lowest BCUT2D eigenvalue weighted by Crippen LogP contribution is -2.30. The lowest BCUT2D eigenvalue weighted by Gasteiger charge is -2.19. The molecule has 0 aliphatic carbocycles. The second-order valence-electron chi connectivity index (χ2n) is 4.36. The van der Waals surface area contributed by atoms with Crippen LogP contribution in [-0.4, -0.2) is 33.8 Å². The van der Waals surface area contributed by atoms with Crippen molar-refractivity contribution in [2.24, 2.45) is 0 Å². The van der Waals surface area contributed by atoms with Gasteiger partial charge in [0, 0.05) is 19.2 Å². The van der Waals surface area contributed by atoms with E-state index in [-0.39, 0.29) is 5.56 Å². The minimum Gasteiger partial charge on any atom is -0.388 e. The molecule has 5 heteroatoms. The van der Waals surface area contributed by atoms with Gasteiger partial charge in [-0.2, -0.15) is 0 Å². The number of aromatic nitrogens is 2. The van der Waals surface area contributed by atoms with Crippen molar-refractivity contribution in [2.75, 3.05) is 18.0 Å². The first kappa shape index (κ1) is 10.2.